The first-order valence-corrected chi connectivity index (χ1v) is 9.41. The molecule has 1 aromatic heterocycles. The van der Waals surface area contributed by atoms with E-state index in [0.29, 0.717) is 34.8 Å². The summed E-state index contributed by atoms with van der Waals surface area (Å²) in [6, 6.07) is 14.9. The third-order valence-corrected chi connectivity index (χ3v) is 4.86. The summed E-state index contributed by atoms with van der Waals surface area (Å²) in [6.07, 6.45) is 0.623. The summed E-state index contributed by atoms with van der Waals surface area (Å²) < 4.78 is 3.83. The van der Waals surface area contributed by atoms with Crippen LogP contribution in [-0.2, 0) is 13.0 Å². The standard InChI is InChI=1S/C20H20N4O2S/c1-3-16-18(27-24-23-16)20(26)22-17-7-5-4-6-15(17)19(25)21-12-14-10-8-13(2)9-11-14/h4-11H,3,12H2,1-2H3,(H,21,25)(H,22,26). The quantitative estimate of drug-likeness (QED) is 0.684. The Bertz CT molecular complexity index is 951. The molecule has 0 unspecified atom stereocenters. The average Bonchev–Trinajstić information content (AvgIpc) is 3.17. The van der Waals surface area contributed by atoms with Gasteiger partial charge >= 0.3 is 0 Å². The Morgan fingerprint density at radius 3 is 2.52 bits per heavy atom. The second-order valence-corrected chi connectivity index (χ2v) is 6.82. The lowest BCUT2D eigenvalue weighted by Gasteiger charge is -2.11. The Labute approximate surface area is 161 Å². The molecule has 0 fully saturated rings. The van der Waals surface area contributed by atoms with Crippen LogP contribution in [0.15, 0.2) is 48.5 Å². The van der Waals surface area contributed by atoms with E-state index in [2.05, 4.69) is 20.2 Å². The van der Waals surface area contributed by atoms with Crippen molar-refractivity contribution in [1.82, 2.24) is 14.9 Å². The maximum absolute atomic E-state index is 12.6. The van der Waals surface area contributed by atoms with Crippen molar-refractivity contribution in [2.24, 2.45) is 0 Å². The van der Waals surface area contributed by atoms with E-state index in [0.717, 1.165) is 17.1 Å². The van der Waals surface area contributed by atoms with Gasteiger partial charge in [-0.2, -0.15) is 0 Å². The number of nitrogens with one attached hydrogen (secondary N) is 2. The molecule has 138 valence electrons. The van der Waals surface area contributed by atoms with Crippen LogP contribution in [0, 0.1) is 6.92 Å². The molecule has 0 saturated carbocycles. The molecule has 0 aliphatic carbocycles. The molecule has 3 aromatic rings. The van der Waals surface area contributed by atoms with Gasteiger partial charge in [-0.25, -0.2) is 0 Å². The van der Waals surface area contributed by atoms with E-state index < -0.39 is 0 Å². The minimum absolute atomic E-state index is 0.246. The smallest absolute Gasteiger partial charge is 0.269 e. The summed E-state index contributed by atoms with van der Waals surface area (Å²) in [4.78, 5) is 25.6. The van der Waals surface area contributed by atoms with E-state index in [1.165, 1.54) is 5.56 Å². The molecule has 7 heteroatoms. The van der Waals surface area contributed by atoms with Crippen LogP contribution in [0.4, 0.5) is 5.69 Å². The van der Waals surface area contributed by atoms with Crippen molar-refractivity contribution in [3.8, 4) is 0 Å². The van der Waals surface area contributed by atoms with Gasteiger partial charge in [-0.15, -0.1) is 5.10 Å². The second kappa shape index (κ2) is 8.55. The van der Waals surface area contributed by atoms with E-state index in [-0.39, 0.29) is 11.8 Å². The monoisotopic (exact) mass is 380 g/mol. The number of hydrogen-bond acceptors (Lipinski definition) is 5. The summed E-state index contributed by atoms with van der Waals surface area (Å²) >= 11 is 1.05. The minimum atomic E-state index is -0.305. The Morgan fingerprint density at radius 2 is 1.78 bits per heavy atom. The Kier molecular flexibility index (Phi) is 5.93. The Balaban J connectivity index is 1.72. The first-order valence-electron chi connectivity index (χ1n) is 8.64. The number of hydrogen-bond donors (Lipinski definition) is 2. The van der Waals surface area contributed by atoms with Crippen LogP contribution in [0.25, 0.3) is 0 Å². The molecule has 0 aliphatic rings. The molecule has 0 bridgehead atoms. The highest BCUT2D eigenvalue weighted by atomic mass is 32.1. The maximum atomic E-state index is 12.6. The number of amides is 2. The lowest BCUT2D eigenvalue weighted by Crippen LogP contribution is -2.25. The van der Waals surface area contributed by atoms with Gasteiger partial charge in [0.15, 0.2) is 0 Å². The number of carbonyl (C=O) groups excluding carboxylic acids is 2. The van der Waals surface area contributed by atoms with E-state index >= 15 is 0 Å². The zero-order valence-corrected chi connectivity index (χ0v) is 16.0. The van der Waals surface area contributed by atoms with Crippen LogP contribution in [0.1, 0.15) is 43.8 Å². The summed E-state index contributed by atoms with van der Waals surface area (Å²) in [6.45, 7) is 4.35. The van der Waals surface area contributed by atoms with Gasteiger partial charge in [0.05, 0.1) is 16.9 Å². The summed E-state index contributed by atoms with van der Waals surface area (Å²) in [5, 5.41) is 9.65. The molecule has 2 amide bonds. The first-order chi connectivity index (χ1) is 13.1. The van der Waals surface area contributed by atoms with E-state index in [4.69, 9.17) is 0 Å². The van der Waals surface area contributed by atoms with Gasteiger partial charge in [-0.1, -0.05) is 53.4 Å². The largest absolute Gasteiger partial charge is 0.348 e. The highest BCUT2D eigenvalue weighted by molar-refractivity contribution is 7.08. The third kappa shape index (κ3) is 4.57. The fourth-order valence-corrected chi connectivity index (χ4v) is 3.21. The molecule has 2 aromatic carbocycles. The molecular weight excluding hydrogens is 360 g/mol. The lowest BCUT2D eigenvalue weighted by molar-refractivity contribution is 0.0952. The molecule has 0 saturated heterocycles. The molecule has 27 heavy (non-hydrogen) atoms. The van der Waals surface area contributed by atoms with Gasteiger partial charge in [0.2, 0.25) is 0 Å². The zero-order valence-electron chi connectivity index (χ0n) is 15.2. The Hall–Kier alpha value is -3.06. The number of aryl methyl sites for hydroxylation is 2. The third-order valence-electron chi connectivity index (χ3n) is 4.09. The summed E-state index contributed by atoms with van der Waals surface area (Å²) in [5.41, 5.74) is 3.70. The van der Waals surface area contributed by atoms with Crippen molar-refractivity contribution >= 4 is 29.0 Å². The summed E-state index contributed by atoms with van der Waals surface area (Å²) in [5.74, 6) is -0.551. The first kappa shape index (κ1) is 18.7. The van der Waals surface area contributed by atoms with Gasteiger partial charge in [0, 0.05) is 6.54 Å². The van der Waals surface area contributed by atoms with Gasteiger partial charge in [-0.05, 0) is 42.6 Å². The number of aromatic nitrogens is 2. The zero-order chi connectivity index (χ0) is 19.2. The van der Waals surface area contributed by atoms with Gasteiger partial charge in [0.25, 0.3) is 11.8 Å². The molecule has 0 spiro atoms. The van der Waals surface area contributed by atoms with Crippen LogP contribution in [-0.4, -0.2) is 21.4 Å². The SMILES string of the molecule is CCc1nnsc1C(=O)Nc1ccccc1C(=O)NCc1ccc(C)cc1. The van der Waals surface area contributed by atoms with Crippen LogP contribution in [0.5, 0.6) is 0 Å². The van der Waals surface area contributed by atoms with E-state index in [1.807, 2.05) is 38.1 Å². The van der Waals surface area contributed by atoms with Gasteiger partial charge in [0.1, 0.15) is 4.88 Å². The number of nitrogens with zero attached hydrogens (tertiary/aromatic N) is 2. The Morgan fingerprint density at radius 1 is 1.04 bits per heavy atom. The lowest BCUT2D eigenvalue weighted by atomic mass is 10.1. The van der Waals surface area contributed by atoms with Crippen LogP contribution < -0.4 is 10.6 Å². The fourth-order valence-electron chi connectivity index (χ4n) is 2.57. The maximum Gasteiger partial charge on any atom is 0.269 e. The minimum Gasteiger partial charge on any atom is -0.348 e. The number of carbonyl (C=O) groups is 2. The number of anilines is 1. The molecule has 0 radical (unpaired) electrons. The number of para-hydroxylation sites is 1. The molecule has 2 N–H and O–H groups in total. The fraction of sp³-hybridized carbons (Fsp3) is 0.200. The van der Waals surface area contributed by atoms with E-state index in [1.54, 1.807) is 24.3 Å². The van der Waals surface area contributed by atoms with Crippen molar-refractivity contribution in [3.63, 3.8) is 0 Å². The summed E-state index contributed by atoms with van der Waals surface area (Å²) in [7, 11) is 0. The van der Waals surface area contributed by atoms with Crippen molar-refractivity contribution in [2.45, 2.75) is 26.8 Å². The molecule has 0 aliphatic heterocycles. The molecular formula is C20H20N4O2S. The molecule has 0 atom stereocenters. The molecule has 1 heterocycles. The van der Waals surface area contributed by atoms with Crippen LogP contribution in [0.2, 0.25) is 0 Å². The van der Waals surface area contributed by atoms with Crippen molar-refractivity contribution in [3.05, 3.63) is 75.8 Å². The van der Waals surface area contributed by atoms with Crippen molar-refractivity contribution in [2.75, 3.05) is 5.32 Å². The van der Waals surface area contributed by atoms with Crippen LogP contribution in [0.3, 0.4) is 0 Å². The van der Waals surface area contributed by atoms with E-state index in [9.17, 15) is 9.59 Å². The predicted octanol–water partition coefficient (Wildman–Crippen LogP) is 3.59. The van der Waals surface area contributed by atoms with Crippen LogP contribution >= 0.6 is 11.5 Å². The highest BCUT2D eigenvalue weighted by Crippen LogP contribution is 2.19. The second-order valence-electron chi connectivity index (χ2n) is 6.07. The molecule has 6 nitrogen and oxygen atoms in total. The van der Waals surface area contributed by atoms with Gasteiger partial charge in [-0.3, -0.25) is 9.59 Å². The predicted molar refractivity (Wildman–Crippen MR) is 106 cm³/mol. The van der Waals surface area contributed by atoms with Crippen molar-refractivity contribution in [1.29, 1.82) is 0 Å². The molecule has 3 rings (SSSR count). The highest BCUT2D eigenvalue weighted by Gasteiger charge is 2.18. The average molecular weight is 380 g/mol. The van der Waals surface area contributed by atoms with Gasteiger partial charge < -0.3 is 10.6 Å². The topological polar surface area (TPSA) is 84.0 Å². The van der Waals surface area contributed by atoms with Crippen molar-refractivity contribution < 1.29 is 9.59 Å². The number of rotatable bonds is 6. The number of benzene rings is 2. The normalized spacial score (nSPS) is 10.4.